The molecule has 0 radical (unpaired) electrons. The number of hydrogen-bond acceptors (Lipinski definition) is 5. The maximum atomic E-state index is 9.93. The van der Waals surface area contributed by atoms with E-state index in [1.807, 2.05) is 0 Å². The molecule has 0 fully saturated rings. The van der Waals surface area contributed by atoms with Gasteiger partial charge in [0, 0.05) is 0 Å². The average Bonchev–Trinajstić information content (AvgIpc) is 1.93. The molecule has 0 aliphatic carbocycles. The third-order valence-corrected chi connectivity index (χ3v) is 1.02. The molecule has 0 saturated carbocycles. The summed E-state index contributed by atoms with van der Waals surface area (Å²) in [6.45, 7) is 0. The predicted molar refractivity (Wildman–Crippen MR) is 52.1 cm³/mol. The molecule has 0 saturated heterocycles. The van der Waals surface area contributed by atoms with Crippen molar-refractivity contribution in [1.29, 1.82) is 0 Å². The Morgan fingerprint density at radius 1 is 1.60 bits per heavy atom. The van der Waals surface area contributed by atoms with Gasteiger partial charge in [0.1, 0.15) is 6.04 Å². The number of nitrogens with two attached hydrogens (primary N) is 1. The molecule has 0 bridgehead atoms. The SMILES string of the molecule is NC(CCS)C(=O)O.SS. The van der Waals surface area contributed by atoms with Crippen LogP contribution < -0.4 is 5.73 Å². The number of carboxylic acid groups (broad SMARTS) is 1. The maximum Gasteiger partial charge on any atom is 0.320 e. The minimum absolute atomic E-state index is 0.429. The molecular weight excluding hydrogens is 190 g/mol. The van der Waals surface area contributed by atoms with Crippen molar-refractivity contribution in [2.45, 2.75) is 12.5 Å². The second-order valence-electron chi connectivity index (χ2n) is 1.46. The number of carboxylic acids is 1. The van der Waals surface area contributed by atoms with E-state index in [1.54, 1.807) is 0 Å². The summed E-state index contributed by atoms with van der Waals surface area (Å²) in [5, 5.41) is 8.15. The zero-order chi connectivity index (χ0) is 8.57. The Morgan fingerprint density at radius 3 is 2.10 bits per heavy atom. The van der Waals surface area contributed by atoms with Crippen LogP contribution in [0.1, 0.15) is 6.42 Å². The molecule has 0 rings (SSSR count). The summed E-state index contributed by atoms with van der Waals surface area (Å²) in [4.78, 5) is 9.93. The van der Waals surface area contributed by atoms with Gasteiger partial charge in [0.25, 0.3) is 0 Å². The Hall–Kier alpha value is 0.480. The first-order chi connectivity index (χ1) is 4.68. The topological polar surface area (TPSA) is 63.3 Å². The van der Waals surface area contributed by atoms with Crippen molar-refractivity contribution in [3.63, 3.8) is 0 Å². The molecule has 1 unspecified atom stereocenters. The van der Waals surface area contributed by atoms with Gasteiger partial charge in [-0.2, -0.15) is 12.6 Å². The molecule has 10 heavy (non-hydrogen) atoms. The normalized spacial score (nSPS) is 11.2. The quantitative estimate of drug-likeness (QED) is 0.341. The molecule has 0 heterocycles. The summed E-state index contributed by atoms with van der Waals surface area (Å²) >= 11 is 10.3. The number of rotatable bonds is 3. The largest absolute Gasteiger partial charge is 0.480 e. The minimum Gasteiger partial charge on any atom is -0.480 e. The fourth-order valence-electron chi connectivity index (χ4n) is 0.263. The zero-order valence-corrected chi connectivity index (χ0v) is 7.95. The lowest BCUT2D eigenvalue weighted by Gasteiger charge is -2.00. The van der Waals surface area contributed by atoms with Gasteiger partial charge >= 0.3 is 5.97 Å². The fourth-order valence-corrected chi connectivity index (χ4v) is 0.541. The van der Waals surface area contributed by atoms with E-state index in [2.05, 4.69) is 36.0 Å². The van der Waals surface area contributed by atoms with Crippen LogP contribution in [-0.4, -0.2) is 22.9 Å². The summed E-state index contributed by atoms with van der Waals surface area (Å²) in [5.74, 6) is -0.438. The first-order valence-corrected chi connectivity index (χ1v) is 4.71. The van der Waals surface area contributed by atoms with Gasteiger partial charge in [-0.1, -0.05) is 0 Å². The Balaban J connectivity index is 0. The molecular formula is C4H11NO2S3. The Morgan fingerprint density at radius 2 is 2.00 bits per heavy atom. The van der Waals surface area contributed by atoms with Gasteiger partial charge in [-0.25, -0.2) is 0 Å². The Labute approximate surface area is 76.0 Å². The molecule has 6 heteroatoms. The van der Waals surface area contributed by atoms with E-state index in [4.69, 9.17) is 10.8 Å². The highest BCUT2D eigenvalue weighted by atomic mass is 33.1. The average molecular weight is 201 g/mol. The molecule has 1 atom stereocenters. The molecule has 0 spiro atoms. The molecule has 0 aliphatic heterocycles. The monoisotopic (exact) mass is 201 g/mol. The van der Waals surface area contributed by atoms with Crippen LogP contribution in [-0.2, 0) is 4.79 Å². The summed E-state index contributed by atoms with van der Waals surface area (Å²) < 4.78 is 0. The highest BCUT2D eigenvalue weighted by molar-refractivity contribution is 8.59. The van der Waals surface area contributed by atoms with E-state index in [-0.39, 0.29) is 0 Å². The summed E-state index contributed by atoms with van der Waals surface area (Å²) in [6, 6.07) is -0.743. The summed E-state index contributed by atoms with van der Waals surface area (Å²) in [7, 11) is 0. The van der Waals surface area contributed by atoms with Crippen LogP contribution in [0.25, 0.3) is 0 Å². The molecule has 0 aromatic carbocycles. The van der Waals surface area contributed by atoms with Gasteiger partial charge in [-0.15, -0.1) is 23.3 Å². The highest BCUT2D eigenvalue weighted by Gasteiger charge is 2.08. The number of aliphatic carboxylic acids is 1. The molecule has 62 valence electrons. The van der Waals surface area contributed by atoms with Crippen LogP contribution in [0.2, 0.25) is 0 Å². The first kappa shape index (κ1) is 13.1. The van der Waals surface area contributed by atoms with Crippen molar-refractivity contribution in [1.82, 2.24) is 0 Å². The Kier molecular flexibility index (Phi) is 12.4. The first-order valence-electron chi connectivity index (χ1n) is 2.47. The van der Waals surface area contributed by atoms with Crippen molar-refractivity contribution in [2.75, 3.05) is 5.75 Å². The van der Waals surface area contributed by atoms with Crippen LogP contribution in [0, 0.1) is 0 Å². The molecule has 0 aliphatic rings. The van der Waals surface area contributed by atoms with Crippen LogP contribution >= 0.6 is 36.0 Å². The fraction of sp³-hybridized carbons (Fsp3) is 0.750. The molecule has 0 amide bonds. The van der Waals surface area contributed by atoms with Crippen molar-refractivity contribution < 1.29 is 9.90 Å². The third kappa shape index (κ3) is 8.48. The molecule has 3 nitrogen and oxygen atoms in total. The van der Waals surface area contributed by atoms with E-state index < -0.39 is 12.0 Å². The number of carbonyl (C=O) groups is 1. The smallest absolute Gasteiger partial charge is 0.320 e. The van der Waals surface area contributed by atoms with E-state index >= 15 is 0 Å². The van der Waals surface area contributed by atoms with Crippen molar-refractivity contribution >= 4 is 41.9 Å². The van der Waals surface area contributed by atoms with Crippen LogP contribution in [0.4, 0.5) is 0 Å². The van der Waals surface area contributed by atoms with Crippen molar-refractivity contribution in [3.8, 4) is 0 Å². The standard InChI is InChI=1S/C4H9NO2S.H2S2/c5-3(1-2-8)4(6)7;1-2/h3,8H,1-2,5H2,(H,6,7);1-2H. The Bertz CT molecular complexity index is 90.6. The zero-order valence-electron chi connectivity index (χ0n) is 5.27. The maximum absolute atomic E-state index is 9.93. The van der Waals surface area contributed by atoms with Gasteiger partial charge in [0.2, 0.25) is 0 Å². The lowest BCUT2D eigenvalue weighted by Crippen LogP contribution is -2.30. The number of thiol groups is 3. The van der Waals surface area contributed by atoms with Crippen LogP contribution in [0.15, 0.2) is 0 Å². The second-order valence-corrected chi connectivity index (χ2v) is 1.90. The van der Waals surface area contributed by atoms with Gasteiger partial charge in [-0.3, -0.25) is 4.79 Å². The summed E-state index contributed by atoms with van der Waals surface area (Å²) in [6.07, 6.45) is 0.429. The number of hydrogen-bond donors (Lipinski definition) is 5. The predicted octanol–water partition coefficient (Wildman–Crippen LogP) is 0.479. The lowest BCUT2D eigenvalue weighted by molar-refractivity contribution is -0.138. The van der Waals surface area contributed by atoms with Crippen molar-refractivity contribution in [2.24, 2.45) is 5.73 Å². The summed E-state index contributed by atoms with van der Waals surface area (Å²) in [5.41, 5.74) is 5.08. The van der Waals surface area contributed by atoms with Gasteiger partial charge in [0.15, 0.2) is 0 Å². The van der Waals surface area contributed by atoms with Crippen LogP contribution in [0.5, 0.6) is 0 Å². The van der Waals surface area contributed by atoms with E-state index in [9.17, 15) is 4.79 Å². The van der Waals surface area contributed by atoms with E-state index in [0.29, 0.717) is 12.2 Å². The van der Waals surface area contributed by atoms with Crippen molar-refractivity contribution in [3.05, 3.63) is 0 Å². The van der Waals surface area contributed by atoms with E-state index in [1.165, 1.54) is 0 Å². The van der Waals surface area contributed by atoms with Gasteiger partial charge in [-0.05, 0) is 12.2 Å². The third-order valence-electron chi connectivity index (χ3n) is 0.757. The van der Waals surface area contributed by atoms with Gasteiger partial charge in [0.05, 0.1) is 0 Å². The van der Waals surface area contributed by atoms with Crippen LogP contribution in [0.3, 0.4) is 0 Å². The highest BCUT2D eigenvalue weighted by Crippen LogP contribution is 1.88. The molecule has 0 aromatic rings. The molecule has 3 N–H and O–H groups in total. The minimum atomic E-state index is -0.959. The lowest BCUT2D eigenvalue weighted by atomic mass is 10.2. The second kappa shape index (κ2) is 9.48. The van der Waals surface area contributed by atoms with Gasteiger partial charge < -0.3 is 10.8 Å². The molecule has 0 aromatic heterocycles. The van der Waals surface area contributed by atoms with E-state index in [0.717, 1.165) is 0 Å².